The predicted molar refractivity (Wildman–Crippen MR) is 92.6 cm³/mol. The van der Waals surface area contributed by atoms with Crippen LogP contribution in [0.1, 0.15) is 26.7 Å². The normalized spacial score (nSPS) is 13.0. The van der Waals surface area contributed by atoms with Crippen molar-refractivity contribution in [1.29, 1.82) is 0 Å². The summed E-state index contributed by atoms with van der Waals surface area (Å²) in [6.07, 6.45) is 1.88. The van der Waals surface area contributed by atoms with Gasteiger partial charge in [0, 0.05) is 24.0 Å². The molecule has 0 heterocycles. The monoisotopic (exact) mass is 362 g/mol. The smallest absolute Gasteiger partial charge is 0.225 e. The van der Waals surface area contributed by atoms with E-state index in [0.717, 1.165) is 6.26 Å². The minimum atomic E-state index is -3.36. The molecule has 0 radical (unpaired) electrons. The van der Waals surface area contributed by atoms with E-state index < -0.39 is 10.0 Å². The van der Waals surface area contributed by atoms with Gasteiger partial charge in [0.05, 0.1) is 19.1 Å². The number of methoxy groups -OCH3 is 1. The fraction of sp³-hybridized carbons (Fsp3) is 0.533. The topological polar surface area (TPSA) is 75.7 Å². The van der Waals surface area contributed by atoms with E-state index in [2.05, 4.69) is 5.32 Å². The van der Waals surface area contributed by atoms with Gasteiger partial charge >= 0.3 is 0 Å². The molecule has 1 aromatic rings. The number of hydrogen-bond donors (Lipinski definition) is 1. The van der Waals surface area contributed by atoms with E-state index >= 15 is 0 Å². The summed E-state index contributed by atoms with van der Waals surface area (Å²) in [5.74, 6) is 0.187. The minimum Gasteiger partial charge on any atom is -0.495 e. The molecule has 1 amide bonds. The van der Waals surface area contributed by atoms with Crippen molar-refractivity contribution < 1.29 is 17.9 Å². The number of ether oxygens (including phenoxy) is 1. The average Bonchev–Trinajstić information content (AvgIpc) is 2.46. The first-order valence-corrected chi connectivity index (χ1v) is 9.51. The molecule has 1 unspecified atom stereocenters. The fourth-order valence-electron chi connectivity index (χ4n) is 2.12. The van der Waals surface area contributed by atoms with E-state index in [1.807, 2.05) is 13.8 Å². The molecule has 0 fully saturated rings. The second-order valence-electron chi connectivity index (χ2n) is 5.27. The van der Waals surface area contributed by atoms with Crippen molar-refractivity contribution in [3.05, 3.63) is 23.2 Å². The average molecular weight is 363 g/mol. The molecule has 6 nitrogen and oxygen atoms in total. The molecule has 23 heavy (non-hydrogen) atoms. The van der Waals surface area contributed by atoms with E-state index in [9.17, 15) is 13.2 Å². The van der Waals surface area contributed by atoms with Crippen LogP contribution in [0, 0.1) is 0 Å². The standard InChI is InChI=1S/C15H23ClN2O4S/c1-5-11(2)18(23(4,20)21)9-8-15(19)17-13-10-12(16)6-7-14(13)22-3/h6-7,10-11H,5,8-9H2,1-4H3,(H,17,19). The van der Waals surface area contributed by atoms with Crippen LogP contribution in [0.15, 0.2) is 18.2 Å². The first-order valence-electron chi connectivity index (χ1n) is 7.29. The summed E-state index contributed by atoms with van der Waals surface area (Å²) in [6, 6.07) is 4.74. The van der Waals surface area contributed by atoms with E-state index in [1.54, 1.807) is 18.2 Å². The number of amides is 1. The number of benzene rings is 1. The van der Waals surface area contributed by atoms with Gasteiger partial charge in [-0.25, -0.2) is 8.42 Å². The van der Waals surface area contributed by atoms with Crippen LogP contribution < -0.4 is 10.1 Å². The lowest BCUT2D eigenvalue weighted by atomic mass is 10.2. The van der Waals surface area contributed by atoms with E-state index in [1.165, 1.54) is 11.4 Å². The summed E-state index contributed by atoms with van der Waals surface area (Å²) >= 11 is 5.91. The summed E-state index contributed by atoms with van der Waals surface area (Å²) in [6.45, 7) is 3.85. The van der Waals surface area contributed by atoms with Gasteiger partial charge in [0.15, 0.2) is 0 Å². The Kier molecular flexibility index (Phi) is 7.31. The number of nitrogens with one attached hydrogen (secondary N) is 1. The molecule has 0 saturated heterocycles. The van der Waals surface area contributed by atoms with Crippen LogP contribution in [0.4, 0.5) is 5.69 Å². The molecule has 0 aliphatic carbocycles. The van der Waals surface area contributed by atoms with Crippen LogP contribution in [0.3, 0.4) is 0 Å². The molecule has 8 heteroatoms. The maximum atomic E-state index is 12.1. The summed E-state index contributed by atoms with van der Waals surface area (Å²) in [4.78, 5) is 12.1. The molecule has 0 aliphatic rings. The van der Waals surface area contributed by atoms with Crippen LogP contribution in [-0.4, -0.2) is 44.6 Å². The molecular weight excluding hydrogens is 340 g/mol. The predicted octanol–water partition coefficient (Wildman–Crippen LogP) is 2.74. The van der Waals surface area contributed by atoms with Gasteiger partial charge in [-0.05, 0) is 31.5 Å². The van der Waals surface area contributed by atoms with Gasteiger partial charge in [-0.15, -0.1) is 0 Å². The lowest BCUT2D eigenvalue weighted by Crippen LogP contribution is -2.39. The number of rotatable bonds is 8. The van der Waals surface area contributed by atoms with Crippen molar-refractivity contribution in [2.45, 2.75) is 32.7 Å². The zero-order valence-electron chi connectivity index (χ0n) is 13.8. The molecule has 0 aliphatic heterocycles. The highest BCUT2D eigenvalue weighted by atomic mass is 35.5. The van der Waals surface area contributed by atoms with Crippen molar-refractivity contribution in [2.24, 2.45) is 0 Å². The third-order valence-corrected chi connectivity index (χ3v) is 5.13. The lowest BCUT2D eigenvalue weighted by Gasteiger charge is -2.25. The number of anilines is 1. The Morgan fingerprint density at radius 3 is 2.61 bits per heavy atom. The van der Waals surface area contributed by atoms with E-state index in [4.69, 9.17) is 16.3 Å². The summed E-state index contributed by atoms with van der Waals surface area (Å²) < 4.78 is 30.1. The number of sulfonamides is 1. The van der Waals surface area contributed by atoms with Crippen LogP contribution in [0.25, 0.3) is 0 Å². The Hall–Kier alpha value is -1.31. The van der Waals surface area contributed by atoms with Crippen molar-refractivity contribution in [2.75, 3.05) is 25.2 Å². The van der Waals surface area contributed by atoms with Gasteiger partial charge in [-0.2, -0.15) is 4.31 Å². The quantitative estimate of drug-likeness (QED) is 0.771. The molecule has 1 N–H and O–H groups in total. The molecule has 0 saturated carbocycles. The molecule has 1 rings (SSSR count). The second-order valence-corrected chi connectivity index (χ2v) is 7.65. The largest absolute Gasteiger partial charge is 0.495 e. The Morgan fingerprint density at radius 2 is 2.09 bits per heavy atom. The summed E-state index contributed by atoms with van der Waals surface area (Å²) in [5, 5.41) is 3.17. The van der Waals surface area contributed by atoms with Gasteiger partial charge < -0.3 is 10.1 Å². The van der Waals surface area contributed by atoms with Crippen LogP contribution >= 0.6 is 11.6 Å². The Labute approximate surface area is 142 Å². The van der Waals surface area contributed by atoms with E-state index in [-0.39, 0.29) is 24.9 Å². The van der Waals surface area contributed by atoms with Gasteiger partial charge in [-0.3, -0.25) is 4.79 Å². The third kappa shape index (κ3) is 6.01. The number of carbonyl (C=O) groups excluding carboxylic acids is 1. The Morgan fingerprint density at radius 1 is 1.43 bits per heavy atom. The lowest BCUT2D eigenvalue weighted by molar-refractivity contribution is -0.116. The van der Waals surface area contributed by atoms with Gasteiger partial charge in [-0.1, -0.05) is 18.5 Å². The first-order chi connectivity index (χ1) is 10.7. The number of hydrogen-bond acceptors (Lipinski definition) is 4. The van der Waals surface area contributed by atoms with Crippen LogP contribution in [0.5, 0.6) is 5.75 Å². The molecule has 0 spiro atoms. The SMILES string of the molecule is CCC(C)N(CCC(=O)Nc1cc(Cl)ccc1OC)S(C)(=O)=O. The molecular formula is C15H23ClN2O4S. The first kappa shape index (κ1) is 19.7. The zero-order chi connectivity index (χ0) is 17.6. The van der Waals surface area contributed by atoms with E-state index in [0.29, 0.717) is 22.9 Å². The molecule has 0 bridgehead atoms. The second kappa shape index (κ2) is 8.52. The number of carbonyl (C=O) groups is 1. The van der Waals surface area contributed by atoms with Gasteiger partial charge in [0.2, 0.25) is 15.9 Å². The molecule has 0 aromatic heterocycles. The van der Waals surface area contributed by atoms with Crippen molar-refractivity contribution in [1.82, 2.24) is 4.31 Å². The van der Waals surface area contributed by atoms with Crippen molar-refractivity contribution >= 4 is 33.2 Å². The van der Waals surface area contributed by atoms with Gasteiger partial charge in [0.1, 0.15) is 5.75 Å². The maximum Gasteiger partial charge on any atom is 0.225 e. The summed E-state index contributed by atoms with van der Waals surface area (Å²) in [5.41, 5.74) is 0.458. The highest BCUT2D eigenvalue weighted by molar-refractivity contribution is 7.88. The molecule has 1 aromatic carbocycles. The minimum absolute atomic E-state index is 0.0487. The third-order valence-electron chi connectivity index (χ3n) is 3.50. The van der Waals surface area contributed by atoms with Crippen LogP contribution in [-0.2, 0) is 14.8 Å². The zero-order valence-corrected chi connectivity index (χ0v) is 15.4. The molecule has 130 valence electrons. The summed E-state index contributed by atoms with van der Waals surface area (Å²) in [7, 11) is -1.86. The Bertz CT molecular complexity index is 649. The number of halogens is 1. The Balaban J connectivity index is 2.75. The van der Waals surface area contributed by atoms with Crippen LogP contribution in [0.2, 0.25) is 5.02 Å². The highest BCUT2D eigenvalue weighted by Gasteiger charge is 2.22. The maximum absolute atomic E-state index is 12.1. The van der Waals surface area contributed by atoms with Crippen molar-refractivity contribution in [3.63, 3.8) is 0 Å². The van der Waals surface area contributed by atoms with Crippen molar-refractivity contribution in [3.8, 4) is 5.75 Å². The fourth-order valence-corrected chi connectivity index (χ4v) is 3.52. The highest BCUT2D eigenvalue weighted by Crippen LogP contribution is 2.27. The van der Waals surface area contributed by atoms with Gasteiger partial charge in [0.25, 0.3) is 0 Å². The molecule has 1 atom stereocenters. The number of nitrogens with zero attached hydrogens (tertiary/aromatic N) is 1.